The number of rotatable bonds is 8. The van der Waals surface area contributed by atoms with Gasteiger partial charge in [-0.25, -0.2) is 0 Å². The molecule has 0 bridgehead atoms. The number of hydrogen-bond donors (Lipinski definition) is 3. The molecule has 1 aromatic rings. The minimum absolute atomic E-state index is 0.0801. The van der Waals surface area contributed by atoms with Gasteiger partial charge >= 0.3 is 0 Å². The molecule has 0 fully saturated rings. The number of nitrogens with zero attached hydrogens (tertiary/aromatic N) is 1. The molecule has 0 aliphatic heterocycles. The van der Waals surface area contributed by atoms with Gasteiger partial charge < -0.3 is 16.3 Å². The molecule has 21 heavy (non-hydrogen) atoms. The highest BCUT2D eigenvalue weighted by Gasteiger charge is 2.15. The standard InChI is InChI=1S/C16H25N3O2/c1-3-5-14(6-4-2)16(20)18-11-12-7-9-13(10-8-12)15(17)19-21/h7-10,14,21H,3-6,11H2,1-2H3,(H2,17,19)(H,18,20). The zero-order chi connectivity index (χ0) is 15.7. The Morgan fingerprint density at radius 1 is 1.24 bits per heavy atom. The number of nitrogens with one attached hydrogen (secondary N) is 1. The zero-order valence-electron chi connectivity index (χ0n) is 12.8. The second kappa shape index (κ2) is 9.00. The van der Waals surface area contributed by atoms with Crippen molar-refractivity contribution in [1.82, 2.24) is 5.32 Å². The van der Waals surface area contributed by atoms with Gasteiger partial charge in [-0.15, -0.1) is 0 Å². The highest BCUT2D eigenvalue weighted by molar-refractivity contribution is 5.96. The number of amides is 1. The van der Waals surface area contributed by atoms with Crippen LogP contribution in [-0.2, 0) is 11.3 Å². The largest absolute Gasteiger partial charge is 0.409 e. The van der Waals surface area contributed by atoms with Crippen molar-refractivity contribution in [3.63, 3.8) is 0 Å². The first kappa shape index (κ1) is 17.0. The SMILES string of the molecule is CCCC(CCC)C(=O)NCc1ccc(/C(N)=N/O)cc1. The van der Waals surface area contributed by atoms with Gasteiger partial charge in [0.2, 0.25) is 5.91 Å². The molecule has 0 aromatic heterocycles. The van der Waals surface area contributed by atoms with Crippen molar-refractivity contribution >= 4 is 11.7 Å². The van der Waals surface area contributed by atoms with Crippen LogP contribution in [0.4, 0.5) is 0 Å². The van der Waals surface area contributed by atoms with E-state index in [9.17, 15) is 4.79 Å². The van der Waals surface area contributed by atoms with Crippen LogP contribution >= 0.6 is 0 Å². The molecule has 0 unspecified atom stereocenters. The van der Waals surface area contributed by atoms with Crippen LogP contribution in [-0.4, -0.2) is 17.0 Å². The Labute approximate surface area is 126 Å². The maximum Gasteiger partial charge on any atom is 0.223 e. The van der Waals surface area contributed by atoms with Crippen LogP contribution in [0, 0.1) is 5.92 Å². The summed E-state index contributed by atoms with van der Waals surface area (Å²) in [5.74, 6) is 0.312. The number of carbonyl (C=O) groups excluding carboxylic acids is 1. The molecule has 0 atom stereocenters. The van der Waals surface area contributed by atoms with Crippen LogP contribution in [0.5, 0.6) is 0 Å². The molecule has 116 valence electrons. The van der Waals surface area contributed by atoms with Crippen LogP contribution in [0.1, 0.15) is 50.7 Å². The third-order valence-corrected chi connectivity index (χ3v) is 3.47. The highest BCUT2D eigenvalue weighted by atomic mass is 16.4. The average Bonchev–Trinajstić information content (AvgIpc) is 2.52. The van der Waals surface area contributed by atoms with Gasteiger partial charge in [-0.1, -0.05) is 56.1 Å². The number of carbonyl (C=O) groups is 1. The Hall–Kier alpha value is -2.04. The lowest BCUT2D eigenvalue weighted by Crippen LogP contribution is -2.30. The summed E-state index contributed by atoms with van der Waals surface area (Å²) < 4.78 is 0. The molecule has 0 aliphatic rings. The summed E-state index contributed by atoms with van der Waals surface area (Å²) in [6.45, 7) is 4.70. The Bertz CT molecular complexity index is 463. The lowest BCUT2D eigenvalue weighted by atomic mass is 9.97. The molecule has 4 N–H and O–H groups in total. The molecule has 0 heterocycles. The van der Waals surface area contributed by atoms with Crippen LogP contribution in [0.2, 0.25) is 0 Å². The summed E-state index contributed by atoms with van der Waals surface area (Å²) >= 11 is 0. The third-order valence-electron chi connectivity index (χ3n) is 3.47. The van der Waals surface area contributed by atoms with Crippen molar-refractivity contribution in [3.05, 3.63) is 35.4 Å². The van der Waals surface area contributed by atoms with Gasteiger partial charge in [-0.2, -0.15) is 0 Å². The highest BCUT2D eigenvalue weighted by Crippen LogP contribution is 2.14. The van der Waals surface area contributed by atoms with Gasteiger partial charge in [0.25, 0.3) is 0 Å². The number of hydrogen-bond acceptors (Lipinski definition) is 3. The van der Waals surface area contributed by atoms with Crippen molar-refractivity contribution in [2.24, 2.45) is 16.8 Å². The van der Waals surface area contributed by atoms with E-state index in [0.29, 0.717) is 12.1 Å². The van der Waals surface area contributed by atoms with E-state index in [2.05, 4.69) is 24.3 Å². The minimum Gasteiger partial charge on any atom is -0.409 e. The lowest BCUT2D eigenvalue weighted by molar-refractivity contribution is -0.125. The Balaban J connectivity index is 2.56. The lowest BCUT2D eigenvalue weighted by Gasteiger charge is -2.15. The summed E-state index contributed by atoms with van der Waals surface area (Å²) in [6, 6.07) is 7.27. The third kappa shape index (κ3) is 5.45. The molecule has 5 heteroatoms. The quantitative estimate of drug-likeness (QED) is 0.298. The predicted octanol–water partition coefficient (Wildman–Crippen LogP) is 2.61. The average molecular weight is 291 g/mol. The molecule has 0 saturated carbocycles. The number of benzene rings is 1. The normalized spacial score (nSPS) is 11.7. The Morgan fingerprint density at radius 2 is 1.81 bits per heavy atom. The van der Waals surface area contributed by atoms with E-state index in [1.165, 1.54) is 0 Å². The van der Waals surface area contributed by atoms with E-state index in [-0.39, 0.29) is 17.7 Å². The van der Waals surface area contributed by atoms with Gasteiger partial charge in [-0.05, 0) is 18.4 Å². The molecular weight excluding hydrogens is 266 g/mol. The summed E-state index contributed by atoms with van der Waals surface area (Å²) in [7, 11) is 0. The van der Waals surface area contributed by atoms with Crippen LogP contribution in [0.25, 0.3) is 0 Å². The Morgan fingerprint density at radius 3 is 2.29 bits per heavy atom. The van der Waals surface area contributed by atoms with Gasteiger partial charge in [0.05, 0.1) is 0 Å². The van der Waals surface area contributed by atoms with E-state index >= 15 is 0 Å². The van der Waals surface area contributed by atoms with E-state index in [4.69, 9.17) is 10.9 Å². The molecule has 1 amide bonds. The fourth-order valence-electron chi connectivity index (χ4n) is 2.29. The fraction of sp³-hybridized carbons (Fsp3) is 0.500. The second-order valence-corrected chi connectivity index (χ2v) is 5.17. The number of oxime groups is 1. The zero-order valence-corrected chi connectivity index (χ0v) is 12.8. The van der Waals surface area contributed by atoms with Crippen LogP contribution < -0.4 is 11.1 Å². The second-order valence-electron chi connectivity index (χ2n) is 5.17. The van der Waals surface area contributed by atoms with E-state index in [1.54, 1.807) is 12.1 Å². The first-order valence-electron chi connectivity index (χ1n) is 7.46. The van der Waals surface area contributed by atoms with Crippen molar-refractivity contribution in [2.45, 2.75) is 46.1 Å². The van der Waals surface area contributed by atoms with Gasteiger partial charge in [0, 0.05) is 18.0 Å². The first-order chi connectivity index (χ1) is 10.1. The fourth-order valence-corrected chi connectivity index (χ4v) is 2.29. The maximum atomic E-state index is 12.1. The van der Waals surface area contributed by atoms with Gasteiger partial charge in [-0.3, -0.25) is 4.79 Å². The van der Waals surface area contributed by atoms with E-state index in [1.807, 2.05) is 12.1 Å². The molecule has 0 radical (unpaired) electrons. The summed E-state index contributed by atoms with van der Waals surface area (Å²) in [4.78, 5) is 12.1. The topological polar surface area (TPSA) is 87.7 Å². The summed E-state index contributed by atoms with van der Waals surface area (Å²) in [5.41, 5.74) is 7.15. The van der Waals surface area contributed by atoms with Crippen LogP contribution in [0.15, 0.2) is 29.4 Å². The summed E-state index contributed by atoms with van der Waals surface area (Å²) in [5, 5.41) is 14.5. The van der Waals surface area contributed by atoms with Crippen molar-refractivity contribution in [2.75, 3.05) is 0 Å². The molecule has 0 saturated heterocycles. The maximum absolute atomic E-state index is 12.1. The summed E-state index contributed by atoms with van der Waals surface area (Å²) in [6.07, 6.45) is 3.91. The Kier molecular flexibility index (Phi) is 7.29. The number of amidine groups is 1. The van der Waals surface area contributed by atoms with Crippen molar-refractivity contribution in [3.8, 4) is 0 Å². The molecule has 5 nitrogen and oxygen atoms in total. The number of nitrogens with two attached hydrogens (primary N) is 1. The predicted molar refractivity (Wildman–Crippen MR) is 84.1 cm³/mol. The van der Waals surface area contributed by atoms with E-state index in [0.717, 1.165) is 31.2 Å². The van der Waals surface area contributed by atoms with Crippen LogP contribution in [0.3, 0.4) is 0 Å². The van der Waals surface area contributed by atoms with Gasteiger partial charge in [0.15, 0.2) is 5.84 Å². The molecule has 0 aliphatic carbocycles. The van der Waals surface area contributed by atoms with Crippen molar-refractivity contribution < 1.29 is 10.0 Å². The van der Waals surface area contributed by atoms with Crippen molar-refractivity contribution in [1.29, 1.82) is 0 Å². The minimum atomic E-state index is 0.0801. The molecule has 1 aromatic carbocycles. The van der Waals surface area contributed by atoms with Gasteiger partial charge in [0.1, 0.15) is 0 Å². The van der Waals surface area contributed by atoms with E-state index < -0.39 is 0 Å². The molecule has 1 rings (SSSR count). The first-order valence-corrected chi connectivity index (χ1v) is 7.46. The molecular formula is C16H25N3O2. The smallest absolute Gasteiger partial charge is 0.223 e. The monoisotopic (exact) mass is 291 g/mol. The molecule has 0 spiro atoms.